The second kappa shape index (κ2) is 7.78. The van der Waals surface area contributed by atoms with Gasteiger partial charge >= 0.3 is 0 Å². The first kappa shape index (κ1) is 18.0. The normalized spacial score (nSPS) is 20.7. The average Bonchev–Trinajstić information content (AvgIpc) is 2.87. The summed E-state index contributed by atoms with van der Waals surface area (Å²) in [5.41, 5.74) is 5.50. The summed E-state index contributed by atoms with van der Waals surface area (Å²) in [6.45, 7) is 9.21. The molecular formula is C16H31N3O2. The molecule has 1 saturated heterocycles. The molecule has 0 aromatic carbocycles. The average molecular weight is 297 g/mol. The lowest BCUT2D eigenvalue weighted by atomic mass is 9.91. The Morgan fingerprint density at radius 3 is 2.52 bits per heavy atom. The predicted molar refractivity (Wildman–Crippen MR) is 84.7 cm³/mol. The van der Waals surface area contributed by atoms with Crippen molar-refractivity contribution < 1.29 is 9.59 Å². The molecule has 1 rings (SSSR count). The maximum Gasteiger partial charge on any atom is 0.225 e. The van der Waals surface area contributed by atoms with E-state index in [9.17, 15) is 9.59 Å². The van der Waals surface area contributed by atoms with Crippen molar-refractivity contribution in [3.8, 4) is 0 Å². The first-order valence-corrected chi connectivity index (χ1v) is 8.24. The van der Waals surface area contributed by atoms with Crippen LogP contribution in [0.1, 0.15) is 59.8 Å². The molecule has 2 amide bonds. The van der Waals surface area contributed by atoms with E-state index in [4.69, 9.17) is 5.73 Å². The Kier molecular flexibility index (Phi) is 6.65. The van der Waals surface area contributed by atoms with Crippen molar-refractivity contribution in [2.24, 2.45) is 11.7 Å². The number of likely N-dealkylation sites (tertiary alicyclic amines) is 1. The molecule has 0 bridgehead atoms. The van der Waals surface area contributed by atoms with E-state index in [2.05, 4.69) is 19.2 Å². The molecule has 0 radical (unpaired) electrons. The van der Waals surface area contributed by atoms with Crippen LogP contribution in [0, 0.1) is 5.92 Å². The minimum absolute atomic E-state index is 0.0244. The van der Waals surface area contributed by atoms with Gasteiger partial charge in [-0.1, -0.05) is 27.2 Å². The number of carbonyl (C=O) groups is 2. The van der Waals surface area contributed by atoms with Crippen molar-refractivity contribution in [3.63, 3.8) is 0 Å². The Bertz CT molecular complexity index is 358. The minimum Gasteiger partial charge on any atom is -0.349 e. The fraction of sp³-hybridized carbons (Fsp3) is 0.875. The lowest BCUT2D eigenvalue weighted by Gasteiger charge is -2.32. The highest BCUT2D eigenvalue weighted by molar-refractivity contribution is 5.89. The summed E-state index contributed by atoms with van der Waals surface area (Å²) < 4.78 is 0. The number of amides is 2. The molecule has 1 aliphatic heterocycles. The summed E-state index contributed by atoms with van der Waals surface area (Å²) in [6.07, 6.45) is 3.97. The zero-order valence-electron chi connectivity index (χ0n) is 13.9. The lowest BCUT2D eigenvalue weighted by molar-refractivity contribution is -0.130. The molecule has 1 fully saturated rings. The van der Waals surface area contributed by atoms with Crippen LogP contribution in [0.15, 0.2) is 0 Å². The van der Waals surface area contributed by atoms with E-state index in [1.165, 1.54) is 0 Å². The van der Waals surface area contributed by atoms with E-state index >= 15 is 0 Å². The Balaban J connectivity index is 2.67. The van der Waals surface area contributed by atoms with Gasteiger partial charge in [-0.3, -0.25) is 9.59 Å². The third-order valence-electron chi connectivity index (χ3n) is 4.90. The van der Waals surface area contributed by atoms with Gasteiger partial charge in [0.15, 0.2) is 0 Å². The number of carbonyl (C=O) groups excluding carboxylic acids is 2. The molecule has 5 nitrogen and oxygen atoms in total. The van der Waals surface area contributed by atoms with Crippen molar-refractivity contribution in [1.29, 1.82) is 0 Å². The second-order valence-corrected chi connectivity index (χ2v) is 6.27. The van der Waals surface area contributed by atoms with Gasteiger partial charge in [0, 0.05) is 25.6 Å². The number of nitrogens with two attached hydrogens (primary N) is 1. The van der Waals surface area contributed by atoms with Crippen molar-refractivity contribution in [3.05, 3.63) is 0 Å². The topological polar surface area (TPSA) is 75.4 Å². The molecule has 5 heteroatoms. The van der Waals surface area contributed by atoms with E-state index < -0.39 is 0 Å². The highest BCUT2D eigenvalue weighted by atomic mass is 16.2. The maximum atomic E-state index is 12.5. The maximum absolute atomic E-state index is 12.5. The van der Waals surface area contributed by atoms with E-state index in [1.807, 2.05) is 18.7 Å². The van der Waals surface area contributed by atoms with Crippen LogP contribution in [0.2, 0.25) is 0 Å². The van der Waals surface area contributed by atoms with Crippen LogP contribution in [0.5, 0.6) is 0 Å². The van der Waals surface area contributed by atoms with E-state index in [0.29, 0.717) is 19.5 Å². The molecule has 2 atom stereocenters. The van der Waals surface area contributed by atoms with Crippen LogP contribution in [0.3, 0.4) is 0 Å². The Morgan fingerprint density at radius 1 is 1.43 bits per heavy atom. The van der Waals surface area contributed by atoms with Crippen LogP contribution in [0.4, 0.5) is 0 Å². The molecule has 0 saturated carbocycles. The number of hydrogen-bond acceptors (Lipinski definition) is 3. The summed E-state index contributed by atoms with van der Waals surface area (Å²) >= 11 is 0. The molecule has 2 unspecified atom stereocenters. The molecule has 1 aliphatic rings. The SMILES string of the molecule is CCCC(C)N1CC(C(=O)NC(CC)(CC)CN)CC1=O. The third-order valence-corrected chi connectivity index (χ3v) is 4.90. The smallest absolute Gasteiger partial charge is 0.225 e. The molecule has 122 valence electrons. The number of nitrogens with zero attached hydrogens (tertiary/aromatic N) is 1. The lowest BCUT2D eigenvalue weighted by Crippen LogP contribution is -2.54. The van der Waals surface area contributed by atoms with E-state index in [-0.39, 0.29) is 29.3 Å². The first-order valence-electron chi connectivity index (χ1n) is 8.24. The monoisotopic (exact) mass is 297 g/mol. The van der Waals surface area contributed by atoms with Gasteiger partial charge in [0.25, 0.3) is 0 Å². The van der Waals surface area contributed by atoms with Crippen LogP contribution in [-0.4, -0.2) is 41.4 Å². The van der Waals surface area contributed by atoms with Gasteiger partial charge in [-0.15, -0.1) is 0 Å². The second-order valence-electron chi connectivity index (χ2n) is 6.27. The van der Waals surface area contributed by atoms with Crippen LogP contribution >= 0.6 is 0 Å². The first-order chi connectivity index (χ1) is 9.92. The molecule has 0 aliphatic carbocycles. The predicted octanol–water partition coefficient (Wildman–Crippen LogP) is 1.66. The molecule has 3 N–H and O–H groups in total. The van der Waals surface area contributed by atoms with Gasteiger partial charge in [-0.2, -0.15) is 0 Å². The Labute approximate surface area is 128 Å². The van der Waals surface area contributed by atoms with E-state index in [0.717, 1.165) is 25.7 Å². The van der Waals surface area contributed by atoms with Gasteiger partial charge in [0.2, 0.25) is 11.8 Å². The molecule has 21 heavy (non-hydrogen) atoms. The number of rotatable bonds is 8. The summed E-state index contributed by atoms with van der Waals surface area (Å²) in [4.78, 5) is 26.4. The quantitative estimate of drug-likeness (QED) is 0.715. The van der Waals surface area contributed by atoms with Crippen molar-refractivity contribution >= 4 is 11.8 Å². The fourth-order valence-corrected chi connectivity index (χ4v) is 3.04. The van der Waals surface area contributed by atoms with Crippen molar-refractivity contribution in [1.82, 2.24) is 10.2 Å². The van der Waals surface area contributed by atoms with E-state index in [1.54, 1.807) is 0 Å². The van der Waals surface area contributed by atoms with Crippen molar-refractivity contribution in [2.75, 3.05) is 13.1 Å². The summed E-state index contributed by atoms with van der Waals surface area (Å²) in [7, 11) is 0. The standard InChI is InChI=1S/C16H31N3O2/c1-5-8-12(4)19-10-13(9-14(19)20)15(21)18-16(6-2,7-3)11-17/h12-13H,5-11,17H2,1-4H3,(H,18,21). The summed E-state index contributed by atoms with van der Waals surface area (Å²) in [5.74, 6) is -0.160. The highest BCUT2D eigenvalue weighted by Crippen LogP contribution is 2.24. The van der Waals surface area contributed by atoms with Gasteiger partial charge in [0.05, 0.1) is 11.5 Å². The summed E-state index contributed by atoms with van der Waals surface area (Å²) in [5, 5.41) is 3.09. The Hall–Kier alpha value is -1.10. The highest BCUT2D eigenvalue weighted by Gasteiger charge is 2.38. The Morgan fingerprint density at radius 2 is 2.05 bits per heavy atom. The van der Waals surface area contributed by atoms with Crippen molar-refractivity contribution in [2.45, 2.75) is 71.4 Å². The van der Waals surface area contributed by atoms with Gasteiger partial charge in [-0.25, -0.2) is 0 Å². The zero-order valence-corrected chi connectivity index (χ0v) is 13.9. The largest absolute Gasteiger partial charge is 0.349 e. The van der Waals surface area contributed by atoms with Gasteiger partial charge in [-0.05, 0) is 26.2 Å². The molecule has 1 heterocycles. The molecular weight excluding hydrogens is 266 g/mol. The van der Waals surface area contributed by atoms with Crippen LogP contribution in [-0.2, 0) is 9.59 Å². The third kappa shape index (κ3) is 4.19. The van der Waals surface area contributed by atoms with Crippen LogP contribution < -0.4 is 11.1 Å². The number of nitrogens with one attached hydrogen (secondary N) is 1. The zero-order chi connectivity index (χ0) is 16.0. The van der Waals surface area contributed by atoms with Gasteiger partial charge < -0.3 is 16.0 Å². The fourth-order valence-electron chi connectivity index (χ4n) is 3.04. The molecule has 0 aromatic rings. The van der Waals surface area contributed by atoms with Gasteiger partial charge in [0.1, 0.15) is 0 Å². The summed E-state index contributed by atoms with van der Waals surface area (Å²) in [6, 6.07) is 0.219. The number of hydrogen-bond donors (Lipinski definition) is 2. The van der Waals surface area contributed by atoms with Crippen LogP contribution in [0.25, 0.3) is 0 Å². The molecule has 0 aromatic heterocycles. The molecule has 0 spiro atoms. The minimum atomic E-state index is -0.331.